The molecule has 0 unspecified atom stereocenters. The second kappa shape index (κ2) is 9.25. The molecule has 0 saturated heterocycles. The van der Waals surface area contributed by atoms with Gasteiger partial charge in [0.05, 0.1) is 5.71 Å². The number of hydrazone groups is 1. The van der Waals surface area contributed by atoms with Gasteiger partial charge in [0, 0.05) is 21.3 Å². The molecule has 2 N–H and O–H groups in total. The van der Waals surface area contributed by atoms with E-state index in [1.54, 1.807) is 61.5 Å². The molecule has 0 heterocycles. The zero-order valence-electron chi connectivity index (χ0n) is 15.4. The average Bonchev–Trinajstić information content (AvgIpc) is 2.72. The highest BCUT2D eigenvalue weighted by Gasteiger charge is 2.10. The van der Waals surface area contributed by atoms with E-state index < -0.39 is 5.91 Å². The molecule has 0 bridgehead atoms. The number of rotatable bonds is 5. The highest BCUT2D eigenvalue weighted by Crippen LogP contribution is 2.15. The minimum atomic E-state index is -0.426. The lowest BCUT2D eigenvalue weighted by atomic mass is 10.1. The number of nitrogens with zero attached hydrogens (tertiary/aromatic N) is 1. The summed E-state index contributed by atoms with van der Waals surface area (Å²) < 4.78 is 13.8. The number of benzene rings is 3. The van der Waals surface area contributed by atoms with E-state index >= 15 is 0 Å². The lowest BCUT2D eigenvalue weighted by Gasteiger charge is -2.08. The van der Waals surface area contributed by atoms with Gasteiger partial charge in [0.2, 0.25) is 0 Å². The van der Waals surface area contributed by atoms with Crippen molar-refractivity contribution in [1.29, 1.82) is 0 Å². The first-order chi connectivity index (χ1) is 13.9. The third-order valence-electron chi connectivity index (χ3n) is 4.06. The van der Waals surface area contributed by atoms with Gasteiger partial charge in [-0.1, -0.05) is 40.2 Å². The molecular formula is C22H17BrFN3O2. The quantitative estimate of drug-likeness (QED) is 0.421. The summed E-state index contributed by atoms with van der Waals surface area (Å²) in [6, 6.07) is 19.4. The second-order valence-electron chi connectivity index (χ2n) is 6.19. The van der Waals surface area contributed by atoms with Gasteiger partial charge in [0.1, 0.15) is 5.82 Å². The highest BCUT2D eigenvalue weighted by atomic mass is 79.9. The van der Waals surface area contributed by atoms with E-state index in [9.17, 15) is 14.0 Å². The third-order valence-corrected chi connectivity index (χ3v) is 4.55. The van der Waals surface area contributed by atoms with Crippen molar-refractivity contribution < 1.29 is 14.0 Å². The first-order valence-electron chi connectivity index (χ1n) is 8.70. The molecule has 3 rings (SSSR count). The minimum absolute atomic E-state index is 0.283. The summed E-state index contributed by atoms with van der Waals surface area (Å²) >= 11 is 3.33. The van der Waals surface area contributed by atoms with Gasteiger partial charge in [0.25, 0.3) is 11.8 Å². The summed E-state index contributed by atoms with van der Waals surface area (Å²) in [4.78, 5) is 24.8. The largest absolute Gasteiger partial charge is 0.322 e. The molecule has 146 valence electrons. The van der Waals surface area contributed by atoms with Crippen LogP contribution in [0.25, 0.3) is 0 Å². The van der Waals surface area contributed by atoms with Crippen molar-refractivity contribution in [2.75, 3.05) is 5.32 Å². The van der Waals surface area contributed by atoms with Crippen molar-refractivity contribution in [3.8, 4) is 0 Å². The Labute approximate surface area is 175 Å². The Balaban J connectivity index is 1.68. The Kier molecular flexibility index (Phi) is 6.51. The first kappa shape index (κ1) is 20.4. The van der Waals surface area contributed by atoms with Gasteiger partial charge in [-0.05, 0) is 61.0 Å². The predicted octanol–water partition coefficient (Wildman–Crippen LogP) is 4.99. The van der Waals surface area contributed by atoms with Crippen molar-refractivity contribution in [2.24, 2.45) is 5.10 Å². The number of hydrogen-bond donors (Lipinski definition) is 2. The molecule has 3 aromatic rings. The first-order valence-corrected chi connectivity index (χ1v) is 9.49. The molecule has 29 heavy (non-hydrogen) atoms. The highest BCUT2D eigenvalue weighted by molar-refractivity contribution is 9.10. The zero-order valence-corrected chi connectivity index (χ0v) is 17.0. The SMILES string of the molecule is CC(=NNC(=O)c1cccc(NC(=O)c2cccc(Br)c2)c1)c1ccc(F)cc1. The molecule has 2 amide bonds. The molecule has 0 aliphatic carbocycles. The van der Waals surface area contributed by atoms with Crippen LogP contribution in [0.15, 0.2) is 82.4 Å². The number of nitrogens with one attached hydrogen (secondary N) is 2. The van der Waals surface area contributed by atoms with Crippen LogP contribution in [0.2, 0.25) is 0 Å². The Bertz CT molecular complexity index is 1080. The Morgan fingerprint density at radius 3 is 2.21 bits per heavy atom. The van der Waals surface area contributed by atoms with E-state index in [2.05, 4.69) is 31.8 Å². The van der Waals surface area contributed by atoms with Gasteiger partial charge in [-0.15, -0.1) is 0 Å². The number of hydrogen-bond acceptors (Lipinski definition) is 3. The molecule has 0 radical (unpaired) electrons. The smallest absolute Gasteiger partial charge is 0.271 e. The zero-order chi connectivity index (χ0) is 20.8. The average molecular weight is 454 g/mol. The molecular weight excluding hydrogens is 437 g/mol. The van der Waals surface area contributed by atoms with Gasteiger partial charge >= 0.3 is 0 Å². The summed E-state index contributed by atoms with van der Waals surface area (Å²) in [5, 5.41) is 6.82. The Morgan fingerprint density at radius 2 is 1.52 bits per heavy atom. The summed E-state index contributed by atoms with van der Waals surface area (Å²) in [6.07, 6.45) is 0. The van der Waals surface area contributed by atoms with Crippen LogP contribution >= 0.6 is 15.9 Å². The molecule has 0 saturated carbocycles. The normalized spacial score (nSPS) is 11.1. The Hall–Kier alpha value is -3.32. The van der Waals surface area contributed by atoms with E-state index in [1.807, 2.05) is 6.07 Å². The summed E-state index contributed by atoms with van der Waals surface area (Å²) in [5.74, 6) is -1.05. The summed E-state index contributed by atoms with van der Waals surface area (Å²) in [7, 11) is 0. The van der Waals surface area contributed by atoms with Crippen LogP contribution in [0.5, 0.6) is 0 Å². The van der Waals surface area contributed by atoms with Crippen molar-refractivity contribution in [2.45, 2.75) is 6.92 Å². The van der Waals surface area contributed by atoms with E-state index in [-0.39, 0.29) is 11.7 Å². The van der Waals surface area contributed by atoms with Gasteiger partial charge in [-0.2, -0.15) is 5.10 Å². The van der Waals surface area contributed by atoms with Gasteiger partial charge in [-0.3, -0.25) is 9.59 Å². The molecule has 0 aliphatic heterocycles. The van der Waals surface area contributed by atoms with E-state index in [4.69, 9.17) is 0 Å². The third kappa shape index (κ3) is 5.58. The number of anilines is 1. The van der Waals surface area contributed by atoms with Crippen LogP contribution in [0.1, 0.15) is 33.2 Å². The molecule has 0 spiro atoms. The standard InChI is InChI=1S/C22H17BrFN3O2/c1-14(15-8-10-19(24)11-9-15)26-27-22(29)17-5-3-7-20(13-17)25-21(28)16-4-2-6-18(23)12-16/h2-13H,1H3,(H,25,28)(H,27,29). The van der Waals surface area contributed by atoms with Crippen LogP contribution in [-0.2, 0) is 0 Å². The van der Waals surface area contributed by atoms with Crippen molar-refractivity contribution in [1.82, 2.24) is 5.43 Å². The van der Waals surface area contributed by atoms with Crippen LogP contribution in [0, 0.1) is 5.82 Å². The monoisotopic (exact) mass is 453 g/mol. The van der Waals surface area contributed by atoms with Crippen LogP contribution in [-0.4, -0.2) is 17.5 Å². The van der Waals surface area contributed by atoms with Crippen LogP contribution in [0.3, 0.4) is 0 Å². The van der Waals surface area contributed by atoms with Gasteiger partial charge < -0.3 is 5.32 Å². The lowest BCUT2D eigenvalue weighted by Crippen LogP contribution is -2.20. The molecule has 0 atom stereocenters. The minimum Gasteiger partial charge on any atom is -0.322 e. The molecule has 0 fully saturated rings. The fourth-order valence-electron chi connectivity index (χ4n) is 2.53. The summed E-state index contributed by atoms with van der Waals surface area (Å²) in [5.41, 5.74) is 5.03. The van der Waals surface area contributed by atoms with Crippen LogP contribution in [0.4, 0.5) is 10.1 Å². The maximum Gasteiger partial charge on any atom is 0.271 e. The Morgan fingerprint density at radius 1 is 0.862 bits per heavy atom. The molecule has 3 aromatic carbocycles. The number of amides is 2. The number of carbonyl (C=O) groups is 2. The molecule has 7 heteroatoms. The van der Waals surface area contributed by atoms with E-state index in [1.165, 1.54) is 12.1 Å². The number of halogens is 2. The second-order valence-corrected chi connectivity index (χ2v) is 7.11. The predicted molar refractivity (Wildman–Crippen MR) is 115 cm³/mol. The fourth-order valence-corrected chi connectivity index (χ4v) is 2.93. The van der Waals surface area contributed by atoms with Gasteiger partial charge in [-0.25, -0.2) is 9.82 Å². The van der Waals surface area contributed by atoms with Crippen LogP contribution < -0.4 is 10.7 Å². The maximum absolute atomic E-state index is 13.0. The number of carbonyl (C=O) groups excluding carboxylic acids is 2. The van der Waals surface area contributed by atoms with E-state index in [0.717, 1.165) is 4.47 Å². The molecule has 0 aliphatic rings. The summed E-state index contributed by atoms with van der Waals surface area (Å²) in [6.45, 7) is 1.71. The topological polar surface area (TPSA) is 70.6 Å². The van der Waals surface area contributed by atoms with Gasteiger partial charge in [0.15, 0.2) is 0 Å². The molecule has 0 aromatic heterocycles. The lowest BCUT2D eigenvalue weighted by molar-refractivity contribution is 0.0953. The van der Waals surface area contributed by atoms with Crippen molar-refractivity contribution >= 4 is 39.1 Å². The fraction of sp³-hybridized carbons (Fsp3) is 0.0455. The maximum atomic E-state index is 13.0. The van der Waals surface area contributed by atoms with Crippen molar-refractivity contribution in [3.05, 3.63) is 99.8 Å². The van der Waals surface area contributed by atoms with E-state index in [0.29, 0.717) is 28.1 Å². The molecule has 5 nitrogen and oxygen atoms in total. The van der Waals surface area contributed by atoms with Crippen molar-refractivity contribution in [3.63, 3.8) is 0 Å².